The maximum Gasteiger partial charge on any atom is 0.257 e. The Morgan fingerprint density at radius 2 is 1.73 bits per heavy atom. The van der Waals surface area contributed by atoms with Gasteiger partial charge in [0.25, 0.3) is 5.91 Å². The lowest BCUT2D eigenvalue weighted by atomic mass is 10.2. The lowest BCUT2D eigenvalue weighted by molar-refractivity contribution is 0.0745. The molecule has 7 nitrogen and oxygen atoms in total. The predicted octanol–water partition coefficient (Wildman–Crippen LogP) is 2.19. The molecule has 0 unspecified atom stereocenters. The van der Waals surface area contributed by atoms with Gasteiger partial charge in [0.05, 0.1) is 5.56 Å². The van der Waals surface area contributed by atoms with Crippen LogP contribution in [0, 0.1) is 0 Å². The van der Waals surface area contributed by atoms with Crippen LogP contribution in [0.1, 0.15) is 36.0 Å². The first-order valence-corrected chi connectivity index (χ1v) is 9.33. The quantitative estimate of drug-likeness (QED) is 0.909. The third-order valence-electron chi connectivity index (χ3n) is 5.13. The molecule has 7 heteroatoms. The molecule has 1 aliphatic heterocycles. The average molecular weight is 352 g/mol. The maximum absolute atomic E-state index is 12.7. The number of nitrogens with one attached hydrogen (secondary N) is 1. The second-order valence-electron chi connectivity index (χ2n) is 6.89. The number of nitrogens with zero attached hydrogens (tertiary/aromatic N) is 5. The molecule has 1 aliphatic carbocycles. The highest BCUT2D eigenvalue weighted by Crippen LogP contribution is 2.20. The fourth-order valence-corrected chi connectivity index (χ4v) is 3.63. The van der Waals surface area contributed by atoms with Gasteiger partial charge in [0, 0.05) is 50.8 Å². The van der Waals surface area contributed by atoms with E-state index in [1.54, 1.807) is 18.6 Å². The molecule has 1 saturated carbocycles. The molecule has 1 amide bonds. The van der Waals surface area contributed by atoms with Crippen molar-refractivity contribution in [2.75, 3.05) is 36.4 Å². The normalized spacial score (nSPS) is 18.2. The number of rotatable bonds is 4. The van der Waals surface area contributed by atoms with Crippen LogP contribution in [0.2, 0.25) is 0 Å². The highest BCUT2D eigenvalue weighted by Gasteiger charge is 2.23. The van der Waals surface area contributed by atoms with Gasteiger partial charge >= 0.3 is 0 Å². The zero-order valence-electron chi connectivity index (χ0n) is 14.8. The third kappa shape index (κ3) is 3.76. The van der Waals surface area contributed by atoms with Crippen LogP contribution in [0.25, 0.3) is 0 Å². The number of carbonyl (C=O) groups excluding carboxylic acids is 1. The molecule has 3 heterocycles. The van der Waals surface area contributed by atoms with Gasteiger partial charge in [0.2, 0.25) is 5.95 Å². The second-order valence-corrected chi connectivity index (χ2v) is 6.89. The van der Waals surface area contributed by atoms with E-state index in [0.717, 1.165) is 18.9 Å². The topological polar surface area (TPSA) is 74.2 Å². The molecule has 0 radical (unpaired) electrons. The number of aromatic nitrogens is 3. The molecule has 0 atom stereocenters. The number of carbonyl (C=O) groups is 1. The zero-order valence-corrected chi connectivity index (χ0v) is 14.8. The highest BCUT2D eigenvalue weighted by molar-refractivity contribution is 5.93. The van der Waals surface area contributed by atoms with Crippen LogP contribution in [0.5, 0.6) is 0 Å². The molecule has 1 N–H and O–H groups in total. The van der Waals surface area contributed by atoms with Crippen molar-refractivity contribution >= 4 is 17.7 Å². The second kappa shape index (κ2) is 7.68. The van der Waals surface area contributed by atoms with Crippen molar-refractivity contribution in [3.63, 3.8) is 0 Å². The minimum atomic E-state index is -0.00177. The average Bonchev–Trinajstić information content (AvgIpc) is 3.22. The number of pyridine rings is 1. The van der Waals surface area contributed by atoms with Gasteiger partial charge in [-0.3, -0.25) is 4.79 Å². The Labute approximate surface area is 153 Å². The molecule has 4 rings (SSSR count). The van der Waals surface area contributed by atoms with Crippen molar-refractivity contribution in [3.8, 4) is 0 Å². The number of piperazine rings is 1. The monoisotopic (exact) mass is 352 g/mol. The van der Waals surface area contributed by atoms with Gasteiger partial charge in [-0.15, -0.1) is 0 Å². The van der Waals surface area contributed by atoms with Crippen LogP contribution < -0.4 is 10.2 Å². The molecule has 2 aliphatic rings. The fraction of sp³-hybridized carbons (Fsp3) is 0.474. The minimum absolute atomic E-state index is 0.00177. The van der Waals surface area contributed by atoms with E-state index in [4.69, 9.17) is 0 Å². The van der Waals surface area contributed by atoms with Gasteiger partial charge in [0.15, 0.2) is 0 Å². The summed E-state index contributed by atoms with van der Waals surface area (Å²) in [5, 5.41) is 3.35. The SMILES string of the molecule is O=C(c1cnc(NC2CCCC2)nc1)N1CCN(c2ccccn2)CC1. The molecule has 1 saturated heterocycles. The Balaban J connectivity index is 1.33. The summed E-state index contributed by atoms with van der Waals surface area (Å²) in [5.74, 6) is 1.58. The van der Waals surface area contributed by atoms with E-state index in [1.165, 1.54) is 25.7 Å². The van der Waals surface area contributed by atoms with E-state index >= 15 is 0 Å². The van der Waals surface area contributed by atoms with Crippen molar-refractivity contribution in [1.29, 1.82) is 0 Å². The molecule has 136 valence electrons. The fourth-order valence-electron chi connectivity index (χ4n) is 3.63. The Hall–Kier alpha value is -2.70. The Morgan fingerprint density at radius 3 is 2.38 bits per heavy atom. The van der Waals surface area contributed by atoms with Crippen molar-refractivity contribution in [3.05, 3.63) is 42.4 Å². The van der Waals surface area contributed by atoms with Gasteiger partial charge in [0.1, 0.15) is 5.82 Å². The van der Waals surface area contributed by atoms with E-state index in [0.29, 0.717) is 30.6 Å². The predicted molar refractivity (Wildman–Crippen MR) is 100 cm³/mol. The van der Waals surface area contributed by atoms with Crippen molar-refractivity contribution in [2.45, 2.75) is 31.7 Å². The molecule has 2 fully saturated rings. The van der Waals surface area contributed by atoms with Crippen molar-refractivity contribution in [2.24, 2.45) is 0 Å². The van der Waals surface area contributed by atoms with Gasteiger partial charge < -0.3 is 15.1 Å². The molecule has 0 bridgehead atoms. The van der Waals surface area contributed by atoms with Crippen LogP contribution in [0.4, 0.5) is 11.8 Å². The molecule has 0 spiro atoms. The third-order valence-corrected chi connectivity index (χ3v) is 5.13. The van der Waals surface area contributed by atoms with Crippen molar-refractivity contribution in [1.82, 2.24) is 19.9 Å². The number of anilines is 2. The smallest absolute Gasteiger partial charge is 0.257 e. The lowest BCUT2D eigenvalue weighted by Crippen LogP contribution is -2.49. The molecule has 2 aromatic heterocycles. The summed E-state index contributed by atoms with van der Waals surface area (Å²) in [5.41, 5.74) is 0.549. The van der Waals surface area contributed by atoms with Crippen LogP contribution in [0.15, 0.2) is 36.8 Å². The zero-order chi connectivity index (χ0) is 17.8. The Kier molecular flexibility index (Phi) is 4.95. The summed E-state index contributed by atoms with van der Waals surface area (Å²) >= 11 is 0. The summed E-state index contributed by atoms with van der Waals surface area (Å²) in [6, 6.07) is 6.37. The minimum Gasteiger partial charge on any atom is -0.353 e. The highest BCUT2D eigenvalue weighted by atomic mass is 16.2. The van der Waals surface area contributed by atoms with E-state index in [-0.39, 0.29) is 5.91 Å². The van der Waals surface area contributed by atoms with Crippen molar-refractivity contribution < 1.29 is 4.79 Å². The summed E-state index contributed by atoms with van der Waals surface area (Å²) < 4.78 is 0. The van der Waals surface area contributed by atoms with Crippen LogP contribution in [0.3, 0.4) is 0 Å². The van der Waals surface area contributed by atoms with Crippen LogP contribution in [-0.2, 0) is 0 Å². The van der Waals surface area contributed by atoms with Gasteiger partial charge in [-0.25, -0.2) is 15.0 Å². The summed E-state index contributed by atoms with van der Waals surface area (Å²) in [6.45, 7) is 2.92. The number of hydrogen-bond acceptors (Lipinski definition) is 6. The number of hydrogen-bond donors (Lipinski definition) is 1. The van der Waals surface area contributed by atoms with Gasteiger partial charge in [-0.1, -0.05) is 18.9 Å². The summed E-state index contributed by atoms with van der Waals surface area (Å²) in [4.78, 5) is 29.8. The first-order chi connectivity index (χ1) is 12.8. The van der Waals surface area contributed by atoms with E-state index in [1.807, 2.05) is 23.1 Å². The maximum atomic E-state index is 12.7. The summed E-state index contributed by atoms with van der Waals surface area (Å²) in [7, 11) is 0. The molecule has 26 heavy (non-hydrogen) atoms. The Morgan fingerprint density at radius 1 is 1.00 bits per heavy atom. The Bertz CT molecular complexity index is 721. The van der Waals surface area contributed by atoms with Gasteiger partial charge in [-0.2, -0.15) is 0 Å². The largest absolute Gasteiger partial charge is 0.353 e. The molecule has 2 aromatic rings. The molecule has 0 aromatic carbocycles. The number of amides is 1. The standard InChI is InChI=1S/C19H24N6O/c26-18(15-13-21-19(22-14-15)23-16-5-1-2-6-16)25-11-9-24(10-12-25)17-7-3-4-8-20-17/h3-4,7-8,13-14,16H,1-2,5-6,9-12H2,(H,21,22,23). The lowest BCUT2D eigenvalue weighted by Gasteiger charge is -2.35. The first-order valence-electron chi connectivity index (χ1n) is 9.33. The molecular formula is C19H24N6O. The van der Waals surface area contributed by atoms with Crippen LogP contribution in [-0.4, -0.2) is 58.0 Å². The van der Waals surface area contributed by atoms with Crippen LogP contribution >= 0.6 is 0 Å². The van der Waals surface area contributed by atoms with E-state index in [2.05, 4.69) is 25.2 Å². The van der Waals surface area contributed by atoms with E-state index in [9.17, 15) is 4.79 Å². The summed E-state index contributed by atoms with van der Waals surface area (Å²) in [6.07, 6.45) is 9.94. The van der Waals surface area contributed by atoms with E-state index < -0.39 is 0 Å². The molecular weight excluding hydrogens is 328 g/mol. The van der Waals surface area contributed by atoms with Gasteiger partial charge in [-0.05, 0) is 25.0 Å². The first kappa shape index (κ1) is 16.8.